The average molecular weight is 257 g/mol. The second-order valence-corrected chi connectivity index (χ2v) is 5.36. The Balaban J connectivity index is 1.86. The van der Waals surface area contributed by atoms with Crippen LogP contribution in [0.3, 0.4) is 0 Å². The van der Waals surface area contributed by atoms with Crippen LogP contribution in [0.1, 0.15) is 25.3 Å². The van der Waals surface area contributed by atoms with E-state index in [0.717, 1.165) is 24.1 Å². The van der Waals surface area contributed by atoms with Gasteiger partial charge in [0.25, 0.3) is 0 Å². The van der Waals surface area contributed by atoms with Gasteiger partial charge in [-0.1, -0.05) is 12.1 Å². The summed E-state index contributed by atoms with van der Waals surface area (Å²) in [6.07, 6.45) is 2.05. The van der Waals surface area contributed by atoms with E-state index in [2.05, 4.69) is 16.7 Å². The van der Waals surface area contributed by atoms with Gasteiger partial charge in [0, 0.05) is 5.69 Å². The molecule has 0 saturated heterocycles. The van der Waals surface area contributed by atoms with Crippen molar-refractivity contribution in [1.29, 1.82) is 5.26 Å². The molecule has 0 spiro atoms. The molecule has 1 aliphatic rings. The monoisotopic (exact) mass is 257 g/mol. The van der Waals surface area contributed by atoms with Crippen molar-refractivity contribution in [2.75, 3.05) is 11.9 Å². The molecule has 1 fully saturated rings. The number of carbonyl (C=O) groups excluding carboxylic acids is 1. The van der Waals surface area contributed by atoms with E-state index >= 15 is 0 Å². The van der Waals surface area contributed by atoms with Crippen LogP contribution in [0.25, 0.3) is 0 Å². The van der Waals surface area contributed by atoms with E-state index < -0.39 is 5.54 Å². The summed E-state index contributed by atoms with van der Waals surface area (Å²) in [5.41, 5.74) is 1.34. The molecule has 1 saturated carbocycles. The highest BCUT2D eigenvalue weighted by atomic mass is 16.2. The molecule has 0 heterocycles. The van der Waals surface area contributed by atoms with E-state index in [4.69, 9.17) is 0 Å². The van der Waals surface area contributed by atoms with Gasteiger partial charge in [-0.25, -0.2) is 0 Å². The van der Waals surface area contributed by atoms with E-state index in [-0.39, 0.29) is 12.5 Å². The number of anilines is 1. The van der Waals surface area contributed by atoms with Crippen LogP contribution in [0, 0.1) is 24.2 Å². The number of hydrogen-bond donors (Lipinski definition) is 2. The summed E-state index contributed by atoms with van der Waals surface area (Å²) in [7, 11) is 0. The number of rotatable bonds is 5. The summed E-state index contributed by atoms with van der Waals surface area (Å²) in [4.78, 5) is 11.9. The van der Waals surface area contributed by atoms with Crippen LogP contribution < -0.4 is 10.6 Å². The first-order valence-corrected chi connectivity index (χ1v) is 6.56. The molecule has 4 heteroatoms. The average Bonchev–Trinajstić information content (AvgIpc) is 3.21. The van der Waals surface area contributed by atoms with Crippen molar-refractivity contribution in [3.63, 3.8) is 0 Å². The first-order valence-electron chi connectivity index (χ1n) is 6.56. The summed E-state index contributed by atoms with van der Waals surface area (Å²) in [6.45, 7) is 3.99. The van der Waals surface area contributed by atoms with Gasteiger partial charge in [-0.15, -0.1) is 0 Å². The number of benzene rings is 1. The lowest BCUT2D eigenvalue weighted by Gasteiger charge is -2.23. The maximum Gasteiger partial charge on any atom is 0.240 e. The zero-order chi connectivity index (χ0) is 13.9. The second kappa shape index (κ2) is 5.31. The van der Waals surface area contributed by atoms with Gasteiger partial charge in [0.15, 0.2) is 0 Å². The normalized spacial score (nSPS) is 17.1. The lowest BCUT2D eigenvalue weighted by atomic mass is 9.98. The minimum absolute atomic E-state index is 0.141. The second-order valence-electron chi connectivity index (χ2n) is 5.36. The molecule has 1 unspecified atom stereocenters. The fourth-order valence-corrected chi connectivity index (χ4v) is 2.15. The fourth-order valence-electron chi connectivity index (χ4n) is 2.15. The van der Waals surface area contributed by atoms with Crippen molar-refractivity contribution in [1.82, 2.24) is 5.32 Å². The van der Waals surface area contributed by atoms with Crippen LogP contribution in [0.4, 0.5) is 5.69 Å². The smallest absolute Gasteiger partial charge is 0.240 e. The largest absolute Gasteiger partial charge is 0.376 e. The zero-order valence-electron chi connectivity index (χ0n) is 11.4. The van der Waals surface area contributed by atoms with Gasteiger partial charge < -0.3 is 10.6 Å². The Morgan fingerprint density at radius 1 is 1.53 bits per heavy atom. The maximum atomic E-state index is 11.9. The molecule has 2 rings (SSSR count). The lowest BCUT2D eigenvalue weighted by molar-refractivity contribution is -0.120. The minimum atomic E-state index is -0.717. The van der Waals surface area contributed by atoms with Crippen molar-refractivity contribution < 1.29 is 4.79 Å². The Bertz CT molecular complexity index is 516. The molecule has 4 nitrogen and oxygen atoms in total. The van der Waals surface area contributed by atoms with Gasteiger partial charge in [-0.2, -0.15) is 5.26 Å². The summed E-state index contributed by atoms with van der Waals surface area (Å²) in [5.74, 6) is 0.165. The Morgan fingerprint density at radius 2 is 2.26 bits per heavy atom. The van der Waals surface area contributed by atoms with Crippen molar-refractivity contribution in [2.45, 2.75) is 32.2 Å². The molecule has 0 radical (unpaired) electrons. The fraction of sp³-hybridized carbons (Fsp3) is 0.467. The number of nitrogens with zero attached hydrogens (tertiary/aromatic N) is 1. The van der Waals surface area contributed by atoms with Crippen molar-refractivity contribution >= 4 is 11.6 Å². The van der Waals surface area contributed by atoms with Crippen LogP contribution in [0.2, 0.25) is 0 Å². The summed E-state index contributed by atoms with van der Waals surface area (Å²) in [5, 5.41) is 15.1. The van der Waals surface area contributed by atoms with Gasteiger partial charge in [-0.3, -0.25) is 4.79 Å². The van der Waals surface area contributed by atoms with Gasteiger partial charge in [-0.05, 0) is 50.3 Å². The minimum Gasteiger partial charge on any atom is -0.376 e. The molecule has 1 atom stereocenters. The highest BCUT2D eigenvalue weighted by Crippen LogP contribution is 2.39. The van der Waals surface area contributed by atoms with Crippen LogP contribution in [0.5, 0.6) is 0 Å². The number of amides is 1. The molecule has 1 aromatic carbocycles. The summed E-state index contributed by atoms with van der Waals surface area (Å²) >= 11 is 0. The topological polar surface area (TPSA) is 64.9 Å². The van der Waals surface area contributed by atoms with Crippen LogP contribution in [-0.4, -0.2) is 18.0 Å². The van der Waals surface area contributed by atoms with Crippen LogP contribution in [-0.2, 0) is 4.79 Å². The number of hydrogen-bond acceptors (Lipinski definition) is 3. The van der Waals surface area contributed by atoms with Gasteiger partial charge in [0.05, 0.1) is 12.6 Å². The SMILES string of the molecule is Cc1cccc(NCC(=O)NC(C)(C#N)C2CC2)c1. The first-order chi connectivity index (χ1) is 9.03. The Hall–Kier alpha value is -2.02. The third-order valence-corrected chi connectivity index (χ3v) is 3.50. The highest BCUT2D eigenvalue weighted by Gasteiger charge is 2.42. The van der Waals surface area contributed by atoms with Crippen LogP contribution in [0.15, 0.2) is 24.3 Å². The molecule has 1 amide bonds. The van der Waals surface area contributed by atoms with Crippen molar-refractivity contribution in [2.24, 2.45) is 5.92 Å². The Kier molecular flexibility index (Phi) is 3.75. The Morgan fingerprint density at radius 3 is 2.84 bits per heavy atom. The highest BCUT2D eigenvalue weighted by molar-refractivity contribution is 5.81. The summed E-state index contributed by atoms with van der Waals surface area (Å²) in [6, 6.07) is 10.1. The number of nitriles is 1. The van der Waals surface area contributed by atoms with Crippen molar-refractivity contribution in [3.8, 4) is 6.07 Å². The van der Waals surface area contributed by atoms with E-state index in [1.54, 1.807) is 6.92 Å². The number of aryl methyl sites for hydroxylation is 1. The molecule has 2 N–H and O–H groups in total. The van der Waals surface area contributed by atoms with E-state index in [1.807, 2.05) is 31.2 Å². The van der Waals surface area contributed by atoms with Crippen LogP contribution >= 0.6 is 0 Å². The van der Waals surface area contributed by atoms with Crippen molar-refractivity contribution in [3.05, 3.63) is 29.8 Å². The maximum absolute atomic E-state index is 11.9. The molecule has 0 aliphatic heterocycles. The number of carbonyl (C=O) groups is 1. The standard InChI is InChI=1S/C15H19N3O/c1-11-4-3-5-13(8-11)17-9-14(19)18-15(2,10-16)12-6-7-12/h3-5,8,12,17H,6-7,9H2,1-2H3,(H,18,19). The first kappa shape index (κ1) is 13.4. The molecule has 19 heavy (non-hydrogen) atoms. The predicted molar refractivity (Wildman–Crippen MR) is 74.6 cm³/mol. The molecule has 1 aromatic rings. The lowest BCUT2D eigenvalue weighted by Crippen LogP contribution is -2.48. The zero-order valence-corrected chi connectivity index (χ0v) is 11.4. The molecular weight excluding hydrogens is 238 g/mol. The third-order valence-electron chi connectivity index (χ3n) is 3.50. The van der Waals surface area contributed by atoms with Gasteiger partial charge >= 0.3 is 0 Å². The Labute approximate surface area is 113 Å². The quantitative estimate of drug-likeness (QED) is 0.850. The van der Waals surface area contributed by atoms with Gasteiger partial charge in [0.1, 0.15) is 5.54 Å². The van der Waals surface area contributed by atoms with E-state index in [1.165, 1.54) is 0 Å². The van der Waals surface area contributed by atoms with E-state index in [9.17, 15) is 10.1 Å². The molecule has 0 bridgehead atoms. The predicted octanol–water partition coefficient (Wildman–Crippen LogP) is 2.22. The number of nitrogens with one attached hydrogen (secondary N) is 2. The molecule has 0 aromatic heterocycles. The van der Waals surface area contributed by atoms with Gasteiger partial charge in [0.2, 0.25) is 5.91 Å². The molecular formula is C15H19N3O. The van der Waals surface area contributed by atoms with E-state index in [0.29, 0.717) is 5.92 Å². The third kappa shape index (κ3) is 3.47. The molecule has 100 valence electrons. The molecule has 1 aliphatic carbocycles. The summed E-state index contributed by atoms with van der Waals surface area (Å²) < 4.78 is 0.